The number of furan rings is 1. The van der Waals surface area contributed by atoms with Gasteiger partial charge in [-0.1, -0.05) is 30.3 Å². The van der Waals surface area contributed by atoms with E-state index in [0.717, 1.165) is 5.39 Å². The van der Waals surface area contributed by atoms with Gasteiger partial charge in [-0.25, -0.2) is 4.79 Å². The van der Waals surface area contributed by atoms with E-state index in [4.69, 9.17) is 9.52 Å². The van der Waals surface area contributed by atoms with Crippen molar-refractivity contribution in [1.82, 2.24) is 5.43 Å². The Morgan fingerprint density at radius 2 is 1.73 bits per heavy atom. The Morgan fingerprint density at radius 1 is 1.00 bits per heavy atom. The number of fused-ring (bicyclic) bond motifs is 1. The average Bonchev–Trinajstić information content (AvgIpc) is 2.97. The lowest BCUT2D eigenvalue weighted by Gasteiger charge is -2.09. The van der Waals surface area contributed by atoms with Gasteiger partial charge >= 0.3 is 11.9 Å². The molecule has 0 atom stereocenters. The highest BCUT2D eigenvalue weighted by Crippen LogP contribution is 2.19. The Morgan fingerprint density at radius 3 is 2.50 bits per heavy atom. The molecule has 0 saturated carbocycles. The molecule has 0 saturated heterocycles. The van der Waals surface area contributed by atoms with Crippen LogP contribution >= 0.6 is 0 Å². The van der Waals surface area contributed by atoms with Crippen LogP contribution in [0.3, 0.4) is 0 Å². The minimum atomic E-state index is -1.08. The first kappa shape index (κ1) is 13.7. The fraction of sp³-hybridized carbons (Fsp3) is 0. The SMILES string of the molecule is O=C(NNc1ccccc1C(=O)O)c1cc2ccccc2o1. The van der Waals surface area contributed by atoms with Crippen LogP contribution in [-0.2, 0) is 0 Å². The summed E-state index contributed by atoms with van der Waals surface area (Å²) in [6, 6.07) is 15.2. The summed E-state index contributed by atoms with van der Waals surface area (Å²) < 4.78 is 5.43. The molecule has 3 rings (SSSR count). The number of benzene rings is 2. The van der Waals surface area contributed by atoms with Crippen LogP contribution in [0, 0.1) is 0 Å². The van der Waals surface area contributed by atoms with Crippen molar-refractivity contribution in [3.8, 4) is 0 Å². The van der Waals surface area contributed by atoms with Crippen LogP contribution < -0.4 is 10.9 Å². The molecule has 3 aromatic rings. The number of carbonyl (C=O) groups excluding carboxylic acids is 1. The van der Waals surface area contributed by atoms with Crippen LogP contribution in [0.1, 0.15) is 20.9 Å². The van der Waals surface area contributed by atoms with Crippen LogP contribution in [0.25, 0.3) is 11.0 Å². The van der Waals surface area contributed by atoms with E-state index in [1.807, 2.05) is 18.2 Å². The molecule has 0 spiro atoms. The number of rotatable bonds is 4. The molecule has 0 aliphatic rings. The van der Waals surface area contributed by atoms with E-state index in [0.29, 0.717) is 11.3 Å². The molecule has 22 heavy (non-hydrogen) atoms. The third-order valence-corrected chi connectivity index (χ3v) is 3.12. The number of carboxylic acid groups (broad SMARTS) is 1. The van der Waals surface area contributed by atoms with Crippen LogP contribution in [0.15, 0.2) is 59.0 Å². The summed E-state index contributed by atoms with van der Waals surface area (Å²) in [6.07, 6.45) is 0. The number of para-hydroxylation sites is 2. The van der Waals surface area contributed by atoms with Gasteiger partial charge in [0.05, 0.1) is 11.3 Å². The van der Waals surface area contributed by atoms with E-state index < -0.39 is 11.9 Å². The Balaban J connectivity index is 1.76. The summed E-state index contributed by atoms with van der Waals surface area (Å²) in [5, 5.41) is 9.89. The molecule has 2 aromatic carbocycles. The molecule has 6 heteroatoms. The highest BCUT2D eigenvalue weighted by atomic mass is 16.4. The monoisotopic (exact) mass is 296 g/mol. The molecular weight excluding hydrogens is 284 g/mol. The minimum Gasteiger partial charge on any atom is -0.478 e. The molecule has 0 radical (unpaired) electrons. The predicted molar refractivity (Wildman–Crippen MR) is 80.7 cm³/mol. The number of carbonyl (C=O) groups is 2. The van der Waals surface area contributed by atoms with Gasteiger partial charge in [-0.15, -0.1) is 0 Å². The van der Waals surface area contributed by atoms with E-state index >= 15 is 0 Å². The van der Waals surface area contributed by atoms with Crippen molar-refractivity contribution >= 4 is 28.5 Å². The standard InChI is InChI=1S/C16H12N2O4/c19-15(14-9-10-5-1-4-8-13(10)22-14)18-17-12-7-3-2-6-11(12)16(20)21/h1-9,17H,(H,18,19)(H,20,21). The van der Waals surface area contributed by atoms with E-state index in [1.165, 1.54) is 6.07 Å². The molecule has 0 fully saturated rings. The quantitative estimate of drug-likeness (QED) is 0.644. The number of amides is 1. The molecule has 0 bridgehead atoms. The number of hydrazine groups is 1. The molecule has 1 aromatic heterocycles. The lowest BCUT2D eigenvalue weighted by molar-refractivity contribution is 0.0697. The number of hydrogen-bond donors (Lipinski definition) is 3. The van der Waals surface area contributed by atoms with Gasteiger partial charge in [-0.3, -0.25) is 15.6 Å². The number of nitrogens with one attached hydrogen (secondary N) is 2. The maximum absolute atomic E-state index is 12.1. The van der Waals surface area contributed by atoms with Crippen molar-refractivity contribution in [3.63, 3.8) is 0 Å². The first-order valence-corrected chi connectivity index (χ1v) is 6.52. The molecular formula is C16H12N2O4. The molecule has 1 amide bonds. The molecule has 0 unspecified atom stereocenters. The molecule has 3 N–H and O–H groups in total. The molecule has 6 nitrogen and oxygen atoms in total. The van der Waals surface area contributed by atoms with Gasteiger partial charge in [0.2, 0.25) is 0 Å². The highest BCUT2D eigenvalue weighted by Gasteiger charge is 2.13. The van der Waals surface area contributed by atoms with Gasteiger partial charge < -0.3 is 9.52 Å². The third-order valence-electron chi connectivity index (χ3n) is 3.12. The summed E-state index contributed by atoms with van der Waals surface area (Å²) in [4.78, 5) is 23.1. The predicted octanol–water partition coefficient (Wildman–Crippen LogP) is 2.89. The van der Waals surface area contributed by atoms with Gasteiger partial charge in [0.25, 0.3) is 0 Å². The Labute approximate surface area is 125 Å². The van der Waals surface area contributed by atoms with Crippen molar-refractivity contribution in [3.05, 3.63) is 65.9 Å². The van der Waals surface area contributed by atoms with Crippen molar-refractivity contribution in [1.29, 1.82) is 0 Å². The Bertz CT molecular complexity index is 821. The fourth-order valence-corrected chi connectivity index (χ4v) is 2.06. The zero-order valence-corrected chi connectivity index (χ0v) is 11.4. The largest absolute Gasteiger partial charge is 0.478 e. The Hall–Kier alpha value is -3.28. The molecule has 1 heterocycles. The van der Waals surface area contributed by atoms with E-state index in [-0.39, 0.29) is 11.3 Å². The van der Waals surface area contributed by atoms with Crippen molar-refractivity contribution < 1.29 is 19.1 Å². The molecule has 0 aliphatic heterocycles. The van der Waals surface area contributed by atoms with Crippen LogP contribution in [-0.4, -0.2) is 17.0 Å². The number of carboxylic acids is 1. The minimum absolute atomic E-state index is 0.0624. The summed E-state index contributed by atoms with van der Waals surface area (Å²) >= 11 is 0. The molecule has 110 valence electrons. The lowest BCUT2D eigenvalue weighted by Crippen LogP contribution is -2.29. The lowest BCUT2D eigenvalue weighted by atomic mass is 10.2. The van der Waals surface area contributed by atoms with E-state index in [2.05, 4.69) is 10.9 Å². The fourth-order valence-electron chi connectivity index (χ4n) is 2.06. The third kappa shape index (κ3) is 2.62. The molecule has 0 aliphatic carbocycles. The van der Waals surface area contributed by atoms with Crippen LogP contribution in [0.4, 0.5) is 5.69 Å². The maximum Gasteiger partial charge on any atom is 0.337 e. The average molecular weight is 296 g/mol. The van der Waals surface area contributed by atoms with Gasteiger partial charge in [-0.05, 0) is 24.3 Å². The zero-order valence-electron chi connectivity index (χ0n) is 11.4. The van der Waals surface area contributed by atoms with Crippen molar-refractivity contribution in [2.75, 3.05) is 5.43 Å². The summed E-state index contributed by atoms with van der Waals surface area (Å²) in [7, 11) is 0. The number of anilines is 1. The first-order valence-electron chi connectivity index (χ1n) is 6.52. The van der Waals surface area contributed by atoms with Gasteiger partial charge in [-0.2, -0.15) is 0 Å². The van der Waals surface area contributed by atoms with E-state index in [9.17, 15) is 9.59 Å². The van der Waals surface area contributed by atoms with Crippen LogP contribution in [0.5, 0.6) is 0 Å². The zero-order chi connectivity index (χ0) is 15.5. The van der Waals surface area contributed by atoms with Gasteiger partial charge in [0.1, 0.15) is 5.58 Å². The van der Waals surface area contributed by atoms with Crippen molar-refractivity contribution in [2.45, 2.75) is 0 Å². The second-order valence-electron chi connectivity index (χ2n) is 4.58. The van der Waals surface area contributed by atoms with E-state index in [1.54, 1.807) is 30.3 Å². The normalized spacial score (nSPS) is 10.4. The second kappa shape index (κ2) is 5.61. The topological polar surface area (TPSA) is 91.6 Å². The highest BCUT2D eigenvalue weighted by molar-refractivity contribution is 5.98. The summed E-state index contributed by atoms with van der Waals surface area (Å²) in [5.74, 6) is -1.43. The van der Waals surface area contributed by atoms with Crippen molar-refractivity contribution in [2.24, 2.45) is 0 Å². The van der Waals surface area contributed by atoms with Gasteiger partial charge in [0.15, 0.2) is 5.76 Å². The maximum atomic E-state index is 12.1. The number of hydrogen-bond acceptors (Lipinski definition) is 4. The Kier molecular flexibility index (Phi) is 3.49. The first-order chi connectivity index (χ1) is 10.6. The van der Waals surface area contributed by atoms with Gasteiger partial charge in [0, 0.05) is 5.39 Å². The smallest absolute Gasteiger partial charge is 0.337 e. The van der Waals surface area contributed by atoms with Crippen LogP contribution in [0.2, 0.25) is 0 Å². The number of aromatic carboxylic acids is 1. The summed E-state index contributed by atoms with van der Waals surface area (Å²) in [5.41, 5.74) is 5.99. The second-order valence-corrected chi connectivity index (χ2v) is 4.58. The summed E-state index contributed by atoms with van der Waals surface area (Å²) in [6.45, 7) is 0.